The van der Waals surface area contributed by atoms with Gasteiger partial charge in [0.15, 0.2) is 0 Å². The number of hydrogen-bond acceptors (Lipinski definition) is 3. The molecule has 0 saturated carbocycles. The van der Waals surface area contributed by atoms with E-state index in [0.29, 0.717) is 33.5 Å². The van der Waals surface area contributed by atoms with E-state index in [1.165, 1.54) is 5.32 Å². The van der Waals surface area contributed by atoms with Crippen molar-refractivity contribution < 1.29 is 14.0 Å². The van der Waals surface area contributed by atoms with Crippen molar-refractivity contribution in [2.45, 2.75) is 17.0 Å². The van der Waals surface area contributed by atoms with Crippen LogP contribution >= 0.6 is 11.8 Å². The Hall–Kier alpha value is -0.321. The van der Waals surface area contributed by atoms with Gasteiger partial charge in [0.1, 0.15) is 0 Å². The Labute approximate surface area is 111 Å². The molecule has 0 radical (unpaired) electrons. The molecule has 1 atom stereocenters. The molecule has 1 unspecified atom stereocenters. The van der Waals surface area contributed by atoms with E-state index >= 15 is 0 Å². The summed E-state index contributed by atoms with van der Waals surface area (Å²) in [6.45, 7) is 1.40. The molecule has 17 heavy (non-hydrogen) atoms. The first-order chi connectivity index (χ1) is 8.43. The summed E-state index contributed by atoms with van der Waals surface area (Å²) in [7, 11) is 0. The Morgan fingerprint density at radius 1 is 1.24 bits per heavy atom. The number of ether oxygens (including phenoxy) is 2. The number of thioether (sulfide) groups is 1. The molecular formula is C12H14NO2SSe+. The van der Waals surface area contributed by atoms with Crippen LogP contribution < -0.4 is 4.57 Å². The van der Waals surface area contributed by atoms with Gasteiger partial charge in [-0.2, -0.15) is 0 Å². The van der Waals surface area contributed by atoms with Crippen LogP contribution in [0, 0.1) is 0 Å². The monoisotopic (exact) mass is 316 g/mol. The summed E-state index contributed by atoms with van der Waals surface area (Å²) in [6, 6.07) is 4.20. The molecule has 1 aromatic heterocycles. The van der Waals surface area contributed by atoms with Gasteiger partial charge in [-0.3, -0.25) is 0 Å². The van der Waals surface area contributed by atoms with Gasteiger partial charge in [0, 0.05) is 0 Å². The Balaban J connectivity index is 1.72. The number of pyridine rings is 1. The molecule has 1 aromatic rings. The molecule has 90 valence electrons. The first-order valence-corrected chi connectivity index (χ1v) is 8.74. The van der Waals surface area contributed by atoms with Crippen LogP contribution in [0.15, 0.2) is 34.9 Å². The fourth-order valence-electron chi connectivity index (χ4n) is 1.85. The van der Waals surface area contributed by atoms with E-state index in [4.69, 9.17) is 9.47 Å². The first kappa shape index (κ1) is 11.8. The SMILES string of the molecule is C1=C[Se]CC([n+]2ccc(C3OCCO3)cc2)S1. The van der Waals surface area contributed by atoms with Crippen molar-refractivity contribution in [1.29, 1.82) is 0 Å². The van der Waals surface area contributed by atoms with Crippen LogP contribution in [0.5, 0.6) is 0 Å². The van der Waals surface area contributed by atoms with Gasteiger partial charge >= 0.3 is 111 Å². The standard InChI is InChI=1S/C12H14NO2SSe/c1-3-13(11-9-17-8-7-16-11)4-2-10(1)12-14-5-6-15-12/h1-4,7-8,11-12H,5-6,9H2/q+1. The number of aromatic nitrogens is 1. The van der Waals surface area contributed by atoms with Crippen molar-refractivity contribution in [2.24, 2.45) is 0 Å². The quantitative estimate of drug-likeness (QED) is 0.614. The first-order valence-electron chi connectivity index (χ1n) is 5.59. The topological polar surface area (TPSA) is 22.3 Å². The molecule has 5 heteroatoms. The predicted octanol–water partition coefficient (Wildman–Crippen LogP) is 1.86. The molecule has 0 spiro atoms. The summed E-state index contributed by atoms with van der Waals surface area (Å²) >= 11 is 2.54. The van der Waals surface area contributed by atoms with Crippen molar-refractivity contribution in [2.75, 3.05) is 13.2 Å². The Kier molecular flexibility index (Phi) is 3.83. The van der Waals surface area contributed by atoms with E-state index in [-0.39, 0.29) is 6.29 Å². The molecule has 1 saturated heterocycles. The molecule has 3 rings (SSSR count). The molecule has 0 N–H and O–H groups in total. The molecule has 2 aliphatic rings. The maximum atomic E-state index is 5.48. The molecule has 0 amide bonds. The average molecular weight is 315 g/mol. The summed E-state index contributed by atoms with van der Waals surface area (Å²) in [5, 5.41) is 4.03. The van der Waals surface area contributed by atoms with E-state index in [9.17, 15) is 0 Å². The molecule has 0 bridgehead atoms. The zero-order valence-electron chi connectivity index (χ0n) is 9.32. The number of nitrogens with zero attached hydrogens (tertiary/aromatic N) is 1. The molecule has 1 fully saturated rings. The number of rotatable bonds is 2. The summed E-state index contributed by atoms with van der Waals surface area (Å²) in [5.74, 6) is 0. The van der Waals surface area contributed by atoms with Gasteiger partial charge in [-0.25, -0.2) is 0 Å². The van der Waals surface area contributed by atoms with Crippen LogP contribution in [-0.2, 0) is 9.47 Å². The van der Waals surface area contributed by atoms with E-state index in [2.05, 4.69) is 39.5 Å². The van der Waals surface area contributed by atoms with Gasteiger partial charge < -0.3 is 0 Å². The van der Waals surface area contributed by atoms with Crippen molar-refractivity contribution in [3.05, 3.63) is 40.5 Å². The third-order valence-electron chi connectivity index (χ3n) is 2.73. The van der Waals surface area contributed by atoms with Crippen LogP contribution in [-0.4, -0.2) is 28.2 Å². The molecule has 2 aliphatic heterocycles. The number of hydrogen-bond donors (Lipinski definition) is 0. The fraction of sp³-hybridized carbons (Fsp3) is 0.417. The Morgan fingerprint density at radius 2 is 2.00 bits per heavy atom. The van der Waals surface area contributed by atoms with Crippen molar-refractivity contribution in [3.63, 3.8) is 0 Å². The van der Waals surface area contributed by atoms with Gasteiger partial charge in [0.2, 0.25) is 0 Å². The molecule has 3 heterocycles. The summed E-state index contributed by atoms with van der Waals surface area (Å²) in [6.07, 6.45) is 4.10. The van der Waals surface area contributed by atoms with Gasteiger partial charge in [0.25, 0.3) is 0 Å². The summed E-state index contributed by atoms with van der Waals surface area (Å²) in [5.41, 5.74) is 1.11. The molecule has 0 aliphatic carbocycles. The van der Waals surface area contributed by atoms with Crippen molar-refractivity contribution in [3.8, 4) is 0 Å². The van der Waals surface area contributed by atoms with Crippen LogP contribution in [0.25, 0.3) is 0 Å². The molecule has 3 nitrogen and oxygen atoms in total. The normalized spacial score (nSPS) is 25.3. The summed E-state index contributed by atoms with van der Waals surface area (Å²) in [4.78, 5) is 2.29. The van der Waals surface area contributed by atoms with E-state index < -0.39 is 0 Å². The van der Waals surface area contributed by atoms with E-state index in [1.807, 2.05) is 11.8 Å². The third kappa shape index (κ3) is 2.75. The second-order valence-electron chi connectivity index (χ2n) is 3.85. The van der Waals surface area contributed by atoms with Gasteiger partial charge in [0.05, 0.1) is 0 Å². The van der Waals surface area contributed by atoms with E-state index in [0.717, 1.165) is 5.56 Å². The molecular weight excluding hydrogens is 301 g/mol. The van der Waals surface area contributed by atoms with Gasteiger partial charge in [-0.05, 0) is 0 Å². The van der Waals surface area contributed by atoms with Crippen LogP contribution in [0.1, 0.15) is 17.2 Å². The van der Waals surface area contributed by atoms with Crippen LogP contribution in [0.4, 0.5) is 0 Å². The zero-order chi connectivity index (χ0) is 11.5. The second kappa shape index (κ2) is 5.55. The Bertz CT molecular complexity index is 403. The van der Waals surface area contributed by atoms with Gasteiger partial charge in [-0.15, -0.1) is 0 Å². The second-order valence-corrected chi connectivity index (χ2v) is 6.91. The van der Waals surface area contributed by atoms with Gasteiger partial charge in [-0.1, -0.05) is 0 Å². The maximum absolute atomic E-state index is 5.48. The third-order valence-corrected chi connectivity index (χ3v) is 6.37. The molecule has 0 aromatic carbocycles. The Morgan fingerprint density at radius 3 is 2.65 bits per heavy atom. The van der Waals surface area contributed by atoms with Crippen LogP contribution in [0.3, 0.4) is 0 Å². The summed E-state index contributed by atoms with van der Waals surface area (Å²) < 4.78 is 13.2. The minimum absolute atomic E-state index is 0.159. The minimum atomic E-state index is -0.159. The average Bonchev–Trinajstić information content (AvgIpc) is 2.94. The predicted molar refractivity (Wildman–Crippen MR) is 67.6 cm³/mol. The van der Waals surface area contributed by atoms with Crippen molar-refractivity contribution >= 4 is 26.7 Å². The zero-order valence-corrected chi connectivity index (χ0v) is 11.8. The van der Waals surface area contributed by atoms with E-state index in [1.54, 1.807) is 0 Å². The van der Waals surface area contributed by atoms with Crippen LogP contribution in [0.2, 0.25) is 5.32 Å². The fourth-order valence-corrected chi connectivity index (χ4v) is 5.27. The van der Waals surface area contributed by atoms with Crippen molar-refractivity contribution in [1.82, 2.24) is 0 Å².